The van der Waals surface area contributed by atoms with Crippen LogP contribution in [0.2, 0.25) is 0 Å². The Balaban J connectivity index is 1.65. The Labute approximate surface area is 162 Å². The van der Waals surface area contributed by atoms with E-state index in [1.807, 2.05) is 24.3 Å². The lowest BCUT2D eigenvalue weighted by molar-refractivity contribution is -0.109. The number of rotatable bonds is 4. The van der Waals surface area contributed by atoms with Crippen molar-refractivity contribution in [2.75, 3.05) is 0 Å². The van der Waals surface area contributed by atoms with Crippen LogP contribution in [0.5, 0.6) is 0 Å². The Kier molecular flexibility index (Phi) is 4.87. The van der Waals surface area contributed by atoms with Crippen molar-refractivity contribution in [2.24, 2.45) is 4.40 Å². The lowest BCUT2D eigenvalue weighted by Gasteiger charge is -2.09. The monoisotopic (exact) mass is 397 g/mol. The predicted octanol–water partition coefficient (Wildman–Crippen LogP) is 3.60. The SMILES string of the molecule is O=C1CC(c2cccc(Cn3nc(-c4cc(F)cc(F)c4)ccc3=O)c2)=NS1. The molecule has 3 aromatic rings. The molecule has 140 valence electrons. The van der Waals surface area contributed by atoms with Crippen LogP contribution in [0.25, 0.3) is 11.3 Å². The highest BCUT2D eigenvalue weighted by atomic mass is 32.2. The van der Waals surface area contributed by atoms with E-state index in [0.717, 1.165) is 41.3 Å². The first-order valence-corrected chi connectivity index (χ1v) is 9.16. The van der Waals surface area contributed by atoms with E-state index in [-0.39, 0.29) is 34.9 Å². The predicted molar refractivity (Wildman–Crippen MR) is 103 cm³/mol. The van der Waals surface area contributed by atoms with E-state index < -0.39 is 11.6 Å². The van der Waals surface area contributed by atoms with E-state index >= 15 is 0 Å². The van der Waals surface area contributed by atoms with Crippen LogP contribution in [-0.2, 0) is 11.3 Å². The van der Waals surface area contributed by atoms with E-state index in [9.17, 15) is 18.4 Å². The van der Waals surface area contributed by atoms with Gasteiger partial charge in [-0.25, -0.2) is 17.9 Å². The van der Waals surface area contributed by atoms with Gasteiger partial charge in [0.15, 0.2) is 0 Å². The van der Waals surface area contributed by atoms with Crippen molar-refractivity contribution < 1.29 is 13.6 Å². The minimum Gasteiger partial charge on any atom is -0.285 e. The lowest BCUT2D eigenvalue weighted by atomic mass is 10.0. The summed E-state index contributed by atoms with van der Waals surface area (Å²) in [5.41, 5.74) is 2.50. The fourth-order valence-corrected chi connectivity index (χ4v) is 3.49. The number of nitrogens with zero attached hydrogens (tertiary/aromatic N) is 3. The van der Waals surface area contributed by atoms with Gasteiger partial charge in [0.05, 0.1) is 36.3 Å². The number of hydrogen-bond acceptors (Lipinski definition) is 5. The van der Waals surface area contributed by atoms with Gasteiger partial charge in [-0.2, -0.15) is 5.10 Å². The molecular weight excluding hydrogens is 384 g/mol. The molecule has 0 amide bonds. The number of halogens is 2. The normalized spacial score (nSPS) is 13.6. The third kappa shape index (κ3) is 3.91. The summed E-state index contributed by atoms with van der Waals surface area (Å²) in [5.74, 6) is -1.43. The van der Waals surface area contributed by atoms with Crippen molar-refractivity contribution in [1.29, 1.82) is 0 Å². The summed E-state index contributed by atoms with van der Waals surface area (Å²) in [5, 5.41) is 4.24. The van der Waals surface area contributed by atoms with Crippen molar-refractivity contribution in [2.45, 2.75) is 13.0 Å². The molecule has 0 atom stereocenters. The fourth-order valence-electron chi connectivity index (χ4n) is 2.90. The molecule has 1 aliphatic rings. The third-order valence-electron chi connectivity index (χ3n) is 4.19. The molecule has 1 aliphatic heterocycles. The van der Waals surface area contributed by atoms with Gasteiger partial charge in [0.1, 0.15) is 11.6 Å². The quantitative estimate of drug-likeness (QED) is 0.631. The van der Waals surface area contributed by atoms with Crippen LogP contribution in [0.4, 0.5) is 8.78 Å². The van der Waals surface area contributed by atoms with Gasteiger partial charge in [-0.1, -0.05) is 18.2 Å². The van der Waals surface area contributed by atoms with Gasteiger partial charge in [-0.3, -0.25) is 9.59 Å². The summed E-state index contributed by atoms with van der Waals surface area (Å²) in [4.78, 5) is 23.6. The van der Waals surface area contributed by atoms with Crippen molar-refractivity contribution >= 4 is 22.8 Å². The minimum absolute atomic E-state index is 0.00619. The maximum atomic E-state index is 13.5. The van der Waals surface area contributed by atoms with Gasteiger partial charge in [0.25, 0.3) is 5.56 Å². The molecule has 0 spiro atoms. The molecule has 5 nitrogen and oxygen atoms in total. The van der Waals surface area contributed by atoms with E-state index in [0.29, 0.717) is 5.71 Å². The first-order chi connectivity index (χ1) is 13.5. The van der Waals surface area contributed by atoms with Gasteiger partial charge in [-0.05, 0) is 35.4 Å². The second-order valence-electron chi connectivity index (χ2n) is 6.25. The van der Waals surface area contributed by atoms with Gasteiger partial charge < -0.3 is 0 Å². The van der Waals surface area contributed by atoms with Crippen molar-refractivity contribution in [3.05, 3.63) is 87.7 Å². The summed E-state index contributed by atoms with van der Waals surface area (Å²) < 4.78 is 32.4. The molecule has 0 aliphatic carbocycles. The third-order valence-corrected chi connectivity index (χ3v) is 4.85. The van der Waals surface area contributed by atoms with Gasteiger partial charge in [-0.15, -0.1) is 0 Å². The van der Waals surface area contributed by atoms with E-state index in [1.54, 1.807) is 0 Å². The van der Waals surface area contributed by atoms with E-state index in [2.05, 4.69) is 9.50 Å². The summed E-state index contributed by atoms with van der Waals surface area (Å²) in [6.07, 6.45) is 0.271. The number of benzene rings is 2. The fraction of sp³-hybridized carbons (Fsp3) is 0.100. The Morgan fingerprint density at radius 1 is 0.964 bits per heavy atom. The average Bonchev–Trinajstić information content (AvgIpc) is 3.09. The Hall–Kier alpha value is -3.13. The van der Waals surface area contributed by atoms with Crippen molar-refractivity contribution in [1.82, 2.24) is 9.78 Å². The summed E-state index contributed by atoms with van der Waals surface area (Å²) in [6, 6.07) is 13.2. The molecule has 0 unspecified atom stereocenters. The van der Waals surface area contributed by atoms with Crippen LogP contribution < -0.4 is 5.56 Å². The molecule has 2 aromatic carbocycles. The molecule has 1 aromatic heterocycles. The molecule has 0 fully saturated rings. The second kappa shape index (κ2) is 7.47. The topological polar surface area (TPSA) is 64.3 Å². The minimum atomic E-state index is -0.716. The molecule has 8 heteroatoms. The zero-order chi connectivity index (χ0) is 19.7. The van der Waals surface area contributed by atoms with Gasteiger partial charge in [0.2, 0.25) is 5.12 Å². The Morgan fingerprint density at radius 2 is 1.75 bits per heavy atom. The average molecular weight is 397 g/mol. The van der Waals surface area contributed by atoms with Crippen LogP contribution in [0.1, 0.15) is 17.5 Å². The van der Waals surface area contributed by atoms with E-state index in [4.69, 9.17) is 0 Å². The largest absolute Gasteiger partial charge is 0.285 e. The summed E-state index contributed by atoms with van der Waals surface area (Å²) >= 11 is 0.935. The summed E-state index contributed by atoms with van der Waals surface area (Å²) in [6.45, 7) is 0.173. The van der Waals surface area contributed by atoms with Crippen molar-refractivity contribution in [3.8, 4) is 11.3 Å². The first kappa shape index (κ1) is 18.2. The standard InChI is InChI=1S/C20H13F2N3O2S/c21-15-7-14(8-16(22)9-15)17-4-5-19(26)25(23-17)11-12-2-1-3-13(6-12)18-10-20(27)28-24-18/h1-9H,10-11H2. The number of carbonyl (C=O) groups is 1. The van der Waals surface area contributed by atoms with E-state index in [1.165, 1.54) is 16.8 Å². The molecule has 2 heterocycles. The Morgan fingerprint density at radius 3 is 2.46 bits per heavy atom. The zero-order valence-electron chi connectivity index (χ0n) is 14.4. The van der Waals surface area contributed by atoms with Crippen molar-refractivity contribution in [3.63, 3.8) is 0 Å². The zero-order valence-corrected chi connectivity index (χ0v) is 15.2. The molecule has 0 bridgehead atoms. The molecule has 0 saturated carbocycles. The molecule has 0 N–H and O–H groups in total. The highest BCUT2D eigenvalue weighted by Crippen LogP contribution is 2.22. The van der Waals surface area contributed by atoms with Crippen LogP contribution in [-0.4, -0.2) is 20.6 Å². The molecule has 0 saturated heterocycles. The smallest absolute Gasteiger partial charge is 0.267 e. The summed E-state index contributed by atoms with van der Waals surface area (Å²) in [7, 11) is 0. The second-order valence-corrected chi connectivity index (χ2v) is 7.07. The number of hydrogen-bond donors (Lipinski definition) is 0. The highest BCUT2D eigenvalue weighted by Gasteiger charge is 2.18. The maximum Gasteiger partial charge on any atom is 0.267 e. The molecular formula is C20H13F2N3O2S. The van der Waals surface area contributed by atoms with Gasteiger partial charge >= 0.3 is 0 Å². The highest BCUT2D eigenvalue weighted by molar-refractivity contribution is 8.13. The molecule has 28 heavy (non-hydrogen) atoms. The maximum absolute atomic E-state index is 13.5. The van der Waals surface area contributed by atoms with Crippen LogP contribution >= 0.6 is 11.9 Å². The van der Waals surface area contributed by atoms with Crippen LogP contribution in [0.15, 0.2) is 63.8 Å². The molecule has 4 rings (SSSR count). The molecule has 0 radical (unpaired) electrons. The lowest BCUT2D eigenvalue weighted by Crippen LogP contribution is -2.23. The first-order valence-electron chi connectivity index (χ1n) is 8.38. The Bertz CT molecular complexity index is 1150. The number of aromatic nitrogens is 2. The number of carbonyl (C=O) groups excluding carboxylic acids is 1. The van der Waals surface area contributed by atoms with Crippen LogP contribution in [0, 0.1) is 11.6 Å². The van der Waals surface area contributed by atoms with Gasteiger partial charge in [0, 0.05) is 17.7 Å². The van der Waals surface area contributed by atoms with Crippen LogP contribution in [0.3, 0.4) is 0 Å².